The topological polar surface area (TPSA) is 25.6 Å². The van der Waals surface area contributed by atoms with Crippen molar-refractivity contribution >= 4 is 0 Å². The maximum Gasteiger partial charge on any atom is 0.123 e. The zero-order chi connectivity index (χ0) is 12.0. The Hall–Kier alpha value is -0.800. The van der Waals surface area contributed by atoms with Crippen molar-refractivity contribution in [2.45, 2.75) is 69.1 Å². The van der Waals surface area contributed by atoms with Gasteiger partial charge in [-0.25, -0.2) is 0 Å². The maximum absolute atomic E-state index is 6.13. The Balaban J connectivity index is 1.63. The molecule has 2 aliphatic heterocycles. The number of rotatable bonds is 1. The van der Waals surface area contributed by atoms with Crippen LogP contribution in [0.25, 0.3) is 0 Å². The van der Waals surface area contributed by atoms with Crippen LogP contribution in [0.1, 0.15) is 63.2 Å². The Kier molecular flexibility index (Phi) is 2.52. The van der Waals surface area contributed by atoms with Gasteiger partial charge in [-0.3, -0.25) is 4.84 Å². The highest BCUT2D eigenvalue weighted by Crippen LogP contribution is 2.53. The highest BCUT2D eigenvalue weighted by molar-refractivity contribution is 5.12. The monoisotopic (exact) mass is 247 g/mol. The van der Waals surface area contributed by atoms with Crippen molar-refractivity contribution < 1.29 is 9.25 Å². The molecule has 3 atom stereocenters. The molecule has 3 aliphatic rings. The summed E-state index contributed by atoms with van der Waals surface area (Å²) >= 11 is 0. The second kappa shape index (κ2) is 4.10. The molecule has 1 spiro atoms. The van der Waals surface area contributed by atoms with E-state index in [0.717, 1.165) is 12.2 Å². The first-order chi connectivity index (χ1) is 8.87. The zero-order valence-electron chi connectivity index (χ0n) is 10.8. The molecule has 2 saturated heterocycles. The van der Waals surface area contributed by atoms with Gasteiger partial charge in [0.15, 0.2) is 0 Å². The second-order valence-electron chi connectivity index (χ2n) is 6.16. The molecule has 1 aliphatic carbocycles. The summed E-state index contributed by atoms with van der Waals surface area (Å²) in [5.41, 5.74) is 0.316. The molecule has 3 unspecified atom stereocenters. The summed E-state index contributed by atoms with van der Waals surface area (Å²) in [4.78, 5) is 6.13. The molecule has 1 saturated carbocycles. The molecule has 3 fully saturated rings. The van der Waals surface area contributed by atoms with Crippen LogP contribution in [0.5, 0.6) is 0 Å². The number of nitrogens with zero attached hydrogens (tertiary/aromatic N) is 1. The molecule has 3 heterocycles. The van der Waals surface area contributed by atoms with Gasteiger partial charge in [0.2, 0.25) is 0 Å². The number of furan rings is 1. The van der Waals surface area contributed by atoms with Crippen molar-refractivity contribution in [1.29, 1.82) is 0 Å². The quantitative estimate of drug-likeness (QED) is 0.754. The van der Waals surface area contributed by atoms with E-state index in [1.165, 1.54) is 44.9 Å². The van der Waals surface area contributed by atoms with Crippen molar-refractivity contribution in [2.75, 3.05) is 0 Å². The first-order valence-corrected chi connectivity index (χ1v) is 7.37. The van der Waals surface area contributed by atoms with Gasteiger partial charge in [-0.2, -0.15) is 5.06 Å². The van der Waals surface area contributed by atoms with E-state index in [4.69, 9.17) is 9.25 Å². The number of fused-ring (bicyclic) bond motifs is 3. The van der Waals surface area contributed by atoms with Gasteiger partial charge in [0.25, 0.3) is 0 Å². The van der Waals surface area contributed by atoms with E-state index in [1.807, 2.05) is 6.07 Å². The first kappa shape index (κ1) is 11.1. The Morgan fingerprint density at radius 3 is 2.67 bits per heavy atom. The van der Waals surface area contributed by atoms with Crippen molar-refractivity contribution in [2.24, 2.45) is 0 Å². The average Bonchev–Trinajstić information content (AvgIpc) is 3.04. The van der Waals surface area contributed by atoms with Gasteiger partial charge >= 0.3 is 0 Å². The summed E-state index contributed by atoms with van der Waals surface area (Å²) in [5, 5.41) is 2.32. The molecule has 1 aromatic heterocycles. The molecule has 3 nitrogen and oxygen atoms in total. The summed E-state index contributed by atoms with van der Waals surface area (Å²) < 4.78 is 5.61. The van der Waals surface area contributed by atoms with Crippen LogP contribution in [0, 0.1) is 0 Å². The molecule has 2 bridgehead atoms. The van der Waals surface area contributed by atoms with Crippen LogP contribution in [-0.2, 0) is 4.84 Å². The number of hydroxylamine groups is 2. The highest BCUT2D eigenvalue weighted by atomic mass is 16.7. The van der Waals surface area contributed by atoms with Gasteiger partial charge in [-0.15, -0.1) is 0 Å². The highest BCUT2D eigenvalue weighted by Gasteiger charge is 2.56. The second-order valence-corrected chi connectivity index (χ2v) is 6.16. The molecule has 0 amide bonds. The number of hydrogen-bond donors (Lipinski definition) is 0. The molecule has 0 radical (unpaired) electrons. The lowest BCUT2D eigenvalue weighted by Gasteiger charge is -2.40. The van der Waals surface area contributed by atoms with Gasteiger partial charge in [-0.1, -0.05) is 25.7 Å². The summed E-state index contributed by atoms with van der Waals surface area (Å²) in [7, 11) is 0. The lowest BCUT2D eigenvalue weighted by Crippen LogP contribution is -2.45. The van der Waals surface area contributed by atoms with Crippen molar-refractivity contribution in [3.63, 3.8) is 0 Å². The average molecular weight is 247 g/mol. The summed E-state index contributed by atoms with van der Waals surface area (Å²) in [6.45, 7) is 0. The van der Waals surface area contributed by atoms with Crippen molar-refractivity contribution in [3.8, 4) is 0 Å². The Labute approximate surface area is 108 Å². The smallest absolute Gasteiger partial charge is 0.123 e. The molecule has 98 valence electrons. The fraction of sp³-hybridized carbons (Fsp3) is 0.733. The predicted molar refractivity (Wildman–Crippen MR) is 67.8 cm³/mol. The third-order valence-electron chi connectivity index (χ3n) is 5.01. The molecule has 3 heteroatoms. The zero-order valence-corrected chi connectivity index (χ0v) is 10.8. The Morgan fingerprint density at radius 2 is 2.00 bits per heavy atom. The largest absolute Gasteiger partial charge is 0.468 e. The fourth-order valence-electron chi connectivity index (χ4n) is 4.22. The van der Waals surface area contributed by atoms with Crippen molar-refractivity contribution in [1.82, 2.24) is 5.06 Å². The fourth-order valence-corrected chi connectivity index (χ4v) is 4.22. The lowest BCUT2D eigenvalue weighted by atomic mass is 9.79. The molecular formula is C15H21NO2. The van der Waals surface area contributed by atoms with Crippen LogP contribution in [0.4, 0.5) is 0 Å². The molecule has 4 rings (SSSR count). The van der Waals surface area contributed by atoms with Gasteiger partial charge < -0.3 is 4.42 Å². The first-order valence-electron chi connectivity index (χ1n) is 7.37. The summed E-state index contributed by atoms with van der Waals surface area (Å²) in [5.74, 6) is 1.08. The summed E-state index contributed by atoms with van der Waals surface area (Å²) in [6.07, 6.45) is 12.7. The van der Waals surface area contributed by atoms with E-state index in [2.05, 4.69) is 11.1 Å². The van der Waals surface area contributed by atoms with E-state index in [9.17, 15) is 0 Å². The van der Waals surface area contributed by atoms with Gasteiger partial charge in [0.05, 0.1) is 18.4 Å². The minimum Gasteiger partial charge on any atom is -0.468 e. The normalized spacial score (nSPS) is 38.1. The number of piperidine rings is 1. The Bertz CT molecular complexity index is 406. The van der Waals surface area contributed by atoms with Gasteiger partial charge in [0, 0.05) is 12.0 Å². The van der Waals surface area contributed by atoms with Gasteiger partial charge in [0.1, 0.15) is 5.76 Å². The van der Waals surface area contributed by atoms with Crippen LogP contribution < -0.4 is 0 Å². The molecule has 0 aromatic carbocycles. The van der Waals surface area contributed by atoms with Crippen LogP contribution in [0.15, 0.2) is 22.8 Å². The van der Waals surface area contributed by atoms with E-state index < -0.39 is 0 Å². The van der Waals surface area contributed by atoms with E-state index in [1.54, 1.807) is 6.26 Å². The van der Waals surface area contributed by atoms with Crippen LogP contribution in [0.2, 0.25) is 0 Å². The van der Waals surface area contributed by atoms with E-state index in [0.29, 0.717) is 17.7 Å². The van der Waals surface area contributed by atoms with Crippen LogP contribution >= 0.6 is 0 Å². The van der Waals surface area contributed by atoms with Crippen LogP contribution in [0.3, 0.4) is 0 Å². The standard InChI is InChI=1S/C15H21NO2/c1-2-4-8-15(7-3-1)11-12-10-13(16(15)18-12)14-6-5-9-17-14/h5-6,9,12-13H,1-4,7-8,10-11H2. The van der Waals surface area contributed by atoms with Crippen molar-refractivity contribution in [3.05, 3.63) is 24.2 Å². The molecule has 1 aromatic rings. The third kappa shape index (κ3) is 1.57. The molecule has 18 heavy (non-hydrogen) atoms. The lowest BCUT2D eigenvalue weighted by molar-refractivity contribution is -0.174. The molecular weight excluding hydrogens is 226 g/mol. The Morgan fingerprint density at radius 1 is 1.17 bits per heavy atom. The predicted octanol–water partition coefficient (Wildman–Crippen LogP) is 3.82. The van der Waals surface area contributed by atoms with Crippen LogP contribution in [-0.4, -0.2) is 16.7 Å². The minimum atomic E-state index is 0.316. The third-order valence-corrected chi connectivity index (χ3v) is 5.01. The minimum absolute atomic E-state index is 0.316. The van der Waals surface area contributed by atoms with E-state index >= 15 is 0 Å². The maximum atomic E-state index is 6.13. The van der Waals surface area contributed by atoms with E-state index in [-0.39, 0.29) is 0 Å². The van der Waals surface area contributed by atoms with Gasteiger partial charge in [-0.05, 0) is 31.4 Å². The number of hydrogen-bond acceptors (Lipinski definition) is 3. The SMILES string of the molecule is c1coc(C2CC3CC4(CCCCCC4)N2O3)c1. The molecule has 0 N–H and O–H groups in total. The summed E-state index contributed by atoms with van der Waals surface area (Å²) in [6, 6.07) is 4.44.